The van der Waals surface area contributed by atoms with E-state index in [0.29, 0.717) is 10.7 Å². The summed E-state index contributed by atoms with van der Waals surface area (Å²) in [6, 6.07) is 24.7. The van der Waals surface area contributed by atoms with Gasteiger partial charge in [0.05, 0.1) is 26.5 Å². The van der Waals surface area contributed by atoms with Crippen molar-refractivity contribution >= 4 is 66.2 Å². The molecule has 0 bridgehead atoms. The molecular formula is C25H17ClN4O4S. The number of aromatic nitrogens is 1. The number of nitrogens with one attached hydrogen (secondary N) is 2. The van der Waals surface area contributed by atoms with Crippen LogP contribution >= 0.6 is 11.6 Å². The second-order valence-corrected chi connectivity index (χ2v) is 9.84. The van der Waals surface area contributed by atoms with Gasteiger partial charge >= 0.3 is 0 Å². The van der Waals surface area contributed by atoms with Crippen LogP contribution in [0, 0.1) is 10.1 Å². The number of hydrogen-bond donors (Lipinski definition) is 2. The van der Waals surface area contributed by atoms with Crippen LogP contribution < -0.4 is 10.0 Å². The zero-order valence-electron chi connectivity index (χ0n) is 18.0. The fraction of sp³-hybridized carbons (Fsp3) is 0. The monoisotopic (exact) mass is 504 g/mol. The Hall–Kier alpha value is -4.21. The molecule has 0 unspecified atom stereocenters. The molecule has 0 atom stereocenters. The highest BCUT2D eigenvalue weighted by Crippen LogP contribution is 2.34. The van der Waals surface area contributed by atoms with Gasteiger partial charge in [-0.25, -0.2) is 13.4 Å². The number of pyridine rings is 1. The summed E-state index contributed by atoms with van der Waals surface area (Å²) in [6.07, 6.45) is 0. The fourth-order valence-corrected chi connectivity index (χ4v) is 4.96. The molecule has 0 aliphatic carbocycles. The number of non-ortho nitro benzene ring substituents is 1. The Morgan fingerprint density at radius 1 is 0.800 bits per heavy atom. The molecule has 1 aromatic heterocycles. The molecule has 2 N–H and O–H groups in total. The second kappa shape index (κ2) is 8.86. The van der Waals surface area contributed by atoms with Crippen molar-refractivity contribution < 1.29 is 13.3 Å². The summed E-state index contributed by atoms with van der Waals surface area (Å²) in [6.45, 7) is 0. The van der Waals surface area contributed by atoms with E-state index in [9.17, 15) is 18.5 Å². The number of nitro groups is 1. The summed E-state index contributed by atoms with van der Waals surface area (Å²) >= 11 is 6.25. The molecule has 0 amide bonds. The first-order chi connectivity index (χ1) is 16.8. The number of anilines is 3. The van der Waals surface area contributed by atoms with Gasteiger partial charge in [-0.3, -0.25) is 14.8 Å². The summed E-state index contributed by atoms with van der Waals surface area (Å²) in [5.41, 5.74) is 3.37. The Balaban J connectivity index is 1.43. The third-order valence-electron chi connectivity index (χ3n) is 5.41. The van der Waals surface area contributed by atoms with Crippen molar-refractivity contribution in [3.63, 3.8) is 0 Å². The molecule has 174 valence electrons. The van der Waals surface area contributed by atoms with Crippen LogP contribution in [0.15, 0.2) is 95.9 Å². The molecule has 8 nitrogen and oxygen atoms in total. The number of hydrogen-bond acceptors (Lipinski definition) is 6. The second-order valence-electron chi connectivity index (χ2n) is 7.72. The van der Waals surface area contributed by atoms with Crippen LogP contribution in [-0.2, 0) is 10.0 Å². The Morgan fingerprint density at radius 3 is 2.17 bits per heavy atom. The van der Waals surface area contributed by atoms with E-state index in [1.165, 1.54) is 12.1 Å². The van der Waals surface area contributed by atoms with Crippen molar-refractivity contribution in [1.29, 1.82) is 0 Å². The molecule has 10 heteroatoms. The molecule has 0 spiro atoms. The van der Waals surface area contributed by atoms with E-state index in [1.54, 1.807) is 30.3 Å². The number of nitro benzene ring substituents is 1. The zero-order valence-corrected chi connectivity index (χ0v) is 19.5. The predicted octanol–water partition coefficient (Wildman–Crippen LogP) is 6.49. The van der Waals surface area contributed by atoms with E-state index in [2.05, 4.69) is 10.0 Å². The summed E-state index contributed by atoms with van der Waals surface area (Å²) in [5, 5.41) is 16.6. The van der Waals surface area contributed by atoms with Crippen molar-refractivity contribution in [2.45, 2.75) is 4.90 Å². The van der Waals surface area contributed by atoms with Crippen molar-refractivity contribution in [1.82, 2.24) is 4.98 Å². The molecule has 1 heterocycles. The minimum atomic E-state index is -3.91. The quantitative estimate of drug-likeness (QED) is 0.155. The normalized spacial score (nSPS) is 11.5. The molecule has 5 aromatic rings. The van der Waals surface area contributed by atoms with Gasteiger partial charge in [0.25, 0.3) is 15.7 Å². The van der Waals surface area contributed by atoms with E-state index >= 15 is 0 Å². The molecule has 0 saturated carbocycles. The van der Waals surface area contributed by atoms with Gasteiger partial charge in [-0.1, -0.05) is 29.8 Å². The van der Waals surface area contributed by atoms with Crippen molar-refractivity contribution in [2.75, 3.05) is 10.0 Å². The first-order valence-corrected chi connectivity index (χ1v) is 12.3. The zero-order chi connectivity index (χ0) is 24.6. The summed E-state index contributed by atoms with van der Waals surface area (Å²) in [5.74, 6) is 0. The van der Waals surface area contributed by atoms with Gasteiger partial charge < -0.3 is 5.32 Å². The third-order valence-corrected chi connectivity index (χ3v) is 7.04. The number of fused-ring (bicyclic) bond motifs is 2. The van der Waals surface area contributed by atoms with Gasteiger partial charge in [0.15, 0.2) is 0 Å². The Morgan fingerprint density at radius 2 is 1.46 bits per heavy atom. The standard InChI is InChI=1S/C25H17ClN4O4S/c26-16-5-14-24-22(15-16)25(21-3-1-2-4-23(21)28-24)27-17-6-8-18(9-7-17)29-35(33,34)20-12-10-19(11-13-20)30(31)32/h1-15,29H,(H,27,28). The number of sulfonamides is 1. The van der Waals surface area contributed by atoms with Gasteiger partial charge in [0.1, 0.15) is 0 Å². The van der Waals surface area contributed by atoms with Gasteiger partial charge in [0.2, 0.25) is 0 Å². The lowest BCUT2D eigenvalue weighted by atomic mass is 10.1. The van der Waals surface area contributed by atoms with Crippen LogP contribution in [0.2, 0.25) is 5.02 Å². The maximum Gasteiger partial charge on any atom is 0.269 e. The minimum Gasteiger partial charge on any atom is -0.354 e. The third kappa shape index (κ3) is 4.59. The van der Waals surface area contributed by atoms with E-state index in [4.69, 9.17) is 16.6 Å². The largest absolute Gasteiger partial charge is 0.354 e. The number of nitrogens with zero attached hydrogens (tertiary/aromatic N) is 2. The molecule has 0 fully saturated rings. The molecule has 5 rings (SSSR count). The van der Waals surface area contributed by atoms with Crippen LogP contribution in [-0.4, -0.2) is 18.3 Å². The highest BCUT2D eigenvalue weighted by atomic mass is 35.5. The van der Waals surface area contributed by atoms with Crippen LogP contribution in [0.5, 0.6) is 0 Å². The number of rotatable bonds is 6. The lowest BCUT2D eigenvalue weighted by Gasteiger charge is -2.14. The van der Waals surface area contributed by atoms with Gasteiger partial charge in [-0.15, -0.1) is 0 Å². The van der Waals surface area contributed by atoms with E-state index < -0.39 is 14.9 Å². The average Bonchev–Trinajstić information content (AvgIpc) is 2.85. The van der Waals surface area contributed by atoms with Crippen LogP contribution in [0.4, 0.5) is 22.7 Å². The van der Waals surface area contributed by atoms with Gasteiger partial charge in [-0.05, 0) is 60.7 Å². The lowest BCUT2D eigenvalue weighted by molar-refractivity contribution is -0.384. The molecular weight excluding hydrogens is 488 g/mol. The number of para-hydroxylation sites is 1. The first-order valence-electron chi connectivity index (χ1n) is 10.4. The first kappa shape index (κ1) is 22.6. The van der Waals surface area contributed by atoms with Gasteiger partial charge in [-0.2, -0.15) is 0 Å². The Kier molecular flexibility index (Phi) is 5.72. The molecule has 0 aliphatic rings. The van der Waals surface area contributed by atoms with E-state index in [0.717, 1.165) is 45.3 Å². The predicted molar refractivity (Wildman–Crippen MR) is 138 cm³/mol. The van der Waals surface area contributed by atoms with Crippen LogP contribution in [0.25, 0.3) is 21.8 Å². The fourth-order valence-electron chi connectivity index (χ4n) is 3.73. The molecule has 0 radical (unpaired) electrons. The maximum atomic E-state index is 12.7. The molecule has 4 aromatic carbocycles. The topological polar surface area (TPSA) is 114 Å². The Labute approximate surface area is 205 Å². The van der Waals surface area contributed by atoms with Crippen molar-refractivity contribution in [3.05, 3.63) is 106 Å². The van der Waals surface area contributed by atoms with Crippen molar-refractivity contribution in [2.24, 2.45) is 0 Å². The van der Waals surface area contributed by atoms with E-state index in [1.807, 2.05) is 36.4 Å². The maximum absolute atomic E-state index is 12.7. The summed E-state index contributed by atoms with van der Waals surface area (Å²) < 4.78 is 27.8. The van der Waals surface area contributed by atoms with Crippen LogP contribution in [0.3, 0.4) is 0 Å². The highest BCUT2D eigenvalue weighted by Gasteiger charge is 2.16. The van der Waals surface area contributed by atoms with Gasteiger partial charge in [0, 0.05) is 39.3 Å². The minimum absolute atomic E-state index is 0.0723. The van der Waals surface area contributed by atoms with Crippen molar-refractivity contribution in [3.8, 4) is 0 Å². The summed E-state index contributed by atoms with van der Waals surface area (Å²) in [4.78, 5) is 14.9. The lowest BCUT2D eigenvalue weighted by Crippen LogP contribution is -2.12. The smallest absolute Gasteiger partial charge is 0.269 e. The molecule has 0 aliphatic heterocycles. The number of benzene rings is 4. The average molecular weight is 505 g/mol. The number of halogens is 1. The molecule has 35 heavy (non-hydrogen) atoms. The SMILES string of the molecule is O=[N+]([O-])c1ccc(S(=O)(=O)Nc2ccc(Nc3c4ccccc4nc4ccc(Cl)cc34)cc2)cc1. The summed E-state index contributed by atoms with van der Waals surface area (Å²) in [7, 11) is -3.91. The Bertz CT molecular complexity index is 1690. The molecule has 0 saturated heterocycles. The highest BCUT2D eigenvalue weighted by molar-refractivity contribution is 7.92. The van der Waals surface area contributed by atoms with Crippen LogP contribution in [0.1, 0.15) is 0 Å². The van der Waals surface area contributed by atoms with E-state index in [-0.39, 0.29) is 10.6 Å².